The molecular weight excluding hydrogens is 432 g/mol. The van der Waals surface area contributed by atoms with Crippen LogP contribution in [0.5, 0.6) is 11.5 Å². The number of fused-ring (bicyclic) bond motifs is 1. The van der Waals surface area contributed by atoms with Gasteiger partial charge in [-0.3, -0.25) is 10.1 Å². The minimum atomic E-state index is -0.377. The predicted octanol–water partition coefficient (Wildman–Crippen LogP) is 3.73. The zero-order valence-corrected chi connectivity index (χ0v) is 18.2. The third-order valence-electron chi connectivity index (χ3n) is 4.89. The molecule has 0 fully saturated rings. The molecule has 2 N–H and O–H groups in total. The smallest absolute Gasteiger partial charge is 0.272 e. The van der Waals surface area contributed by atoms with Crippen LogP contribution in [0.2, 0.25) is 0 Å². The van der Waals surface area contributed by atoms with E-state index in [0.29, 0.717) is 46.3 Å². The lowest BCUT2D eigenvalue weighted by Gasteiger charge is -2.12. The van der Waals surface area contributed by atoms with E-state index in [-0.39, 0.29) is 16.4 Å². The molecule has 0 amide bonds. The van der Waals surface area contributed by atoms with Crippen molar-refractivity contribution in [1.29, 1.82) is 0 Å². The third kappa shape index (κ3) is 4.14. The first-order valence-electron chi connectivity index (χ1n) is 9.60. The van der Waals surface area contributed by atoms with Gasteiger partial charge in [-0.2, -0.15) is 0 Å². The van der Waals surface area contributed by atoms with Gasteiger partial charge in [0.05, 0.1) is 24.0 Å². The Labute approximate surface area is 187 Å². The summed E-state index contributed by atoms with van der Waals surface area (Å²) >= 11 is 1.36. The van der Waals surface area contributed by atoms with E-state index in [1.54, 1.807) is 32.4 Å². The molecule has 11 heteroatoms. The molecule has 0 aliphatic rings. The molecule has 0 unspecified atom stereocenters. The highest BCUT2D eigenvalue weighted by atomic mass is 32.2. The minimum Gasteiger partial charge on any atom is -0.497 e. The van der Waals surface area contributed by atoms with Gasteiger partial charge in [0.25, 0.3) is 5.69 Å². The molecule has 4 rings (SSSR count). The van der Waals surface area contributed by atoms with E-state index in [0.717, 1.165) is 4.90 Å². The zero-order chi connectivity index (χ0) is 22.7. The average molecular weight is 452 g/mol. The Morgan fingerprint density at radius 1 is 1.16 bits per heavy atom. The number of nitro groups is 1. The van der Waals surface area contributed by atoms with Crippen LogP contribution in [0.1, 0.15) is 5.56 Å². The second-order valence-electron chi connectivity index (χ2n) is 6.73. The number of rotatable bonds is 8. The van der Waals surface area contributed by atoms with E-state index < -0.39 is 0 Å². The van der Waals surface area contributed by atoms with Crippen LogP contribution in [0.15, 0.2) is 58.8 Å². The minimum absolute atomic E-state index is 0.0785. The summed E-state index contributed by atoms with van der Waals surface area (Å²) in [6.07, 6.45) is 1.79. The number of benzene rings is 2. The molecule has 10 nitrogen and oxygen atoms in total. The lowest BCUT2D eigenvalue weighted by Crippen LogP contribution is -2.06. The highest BCUT2D eigenvalue weighted by Crippen LogP contribution is 2.38. The third-order valence-corrected chi connectivity index (χ3v) is 5.92. The van der Waals surface area contributed by atoms with Crippen LogP contribution < -0.4 is 15.2 Å². The number of methoxy groups -OCH3 is 2. The number of hydrogen-bond donors (Lipinski definition) is 1. The van der Waals surface area contributed by atoms with Crippen molar-refractivity contribution in [1.82, 2.24) is 19.5 Å². The monoisotopic (exact) mass is 452 g/mol. The SMILES string of the molecule is COc1ccc(OC)c(Sc2nc3c(N)ncnc3n2CCc2ccccc2[N+](=O)[O-])c1. The number of ether oxygens (including phenoxy) is 2. The van der Waals surface area contributed by atoms with Gasteiger partial charge in [-0.25, -0.2) is 15.0 Å². The van der Waals surface area contributed by atoms with Gasteiger partial charge >= 0.3 is 0 Å². The first kappa shape index (κ1) is 21.4. The summed E-state index contributed by atoms with van der Waals surface area (Å²) in [6.45, 7) is 0.409. The molecule has 2 aromatic carbocycles. The fourth-order valence-electron chi connectivity index (χ4n) is 3.31. The van der Waals surface area contributed by atoms with Crippen molar-refractivity contribution in [3.8, 4) is 11.5 Å². The Bertz CT molecular complexity index is 1290. The van der Waals surface area contributed by atoms with Gasteiger partial charge in [0.15, 0.2) is 22.1 Å². The molecule has 0 aliphatic carbocycles. The van der Waals surface area contributed by atoms with Crippen molar-refractivity contribution in [2.24, 2.45) is 0 Å². The van der Waals surface area contributed by atoms with Crippen LogP contribution in [0.4, 0.5) is 11.5 Å². The van der Waals surface area contributed by atoms with E-state index in [4.69, 9.17) is 15.2 Å². The summed E-state index contributed by atoms with van der Waals surface area (Å²) in [5.74, 6) is 1.60. The van der Waals surface area contributed by atoms with Crippen LogP contribution >= 0.6 is 11.8 Å². The number of imidazole rings is 1. The zero-order valence-electron chi connectivity index (χ0n) is 17.4. The van der Waals surface area contributed by atoms with Crippen LogP contribution in [-0.4, -0.2) is 38.7 Å². The number of hydrogen-bond acceptors (Lipinski definition) is 9. The fraction of sp³-hybridized carbons (Fsp3) is 0.190. The number of aryl methyl sites for hydroxylation is 2. The van der Waals surface area contributed by atoms with Gasteiger partial charge in [0.1, 0.15) is 17.8 Å². The van der Waals surface area contributed by atoms with Gasteiger partial charge in [0, 0.05) is 18.2 Å². The molecule has 0 bridgehead atoms. The summed E-state index contributed by atoms with van der Waals surface area (Å²) in [6, 6.07) is 12.2. The first-order valence-corrected chi connectivity index (χ1v) is 10.4. The van der Waals surface area contributed by atoms with E-state index in [9.17, 15) is 10.1 Å². The second-order valence-corrected chi connectivity index (χ2v) is 7.74. The normalized spacial score (nSPS) is 10.9. The largest absolute Gasteiger partial charge is 0.497 e. The molecular formula is C21H20N6O4S. The molecule has 0 atom stereocenters. The van der Waals surface area contributed by atoms with Crippen LogP contribution in [0.3, 0.4) is 0 Å². The van der Waals surface area contributed by atoms with Crippen molar-refractivity contribution >= 4 is 34.4 Å². The first-order chi connectivity index (χ1) is 15.5. The number of para-hydroxylation sites is 1. The van der Waals surface area contributed by atoms with Gasteiger partial charge < -0.3 is 19.8 Å². The molecule has 2 heterocycles. The van der Waals surface area contributed by atoms with E-state index in [2.05, 4.69) is 15.0 Å². The molecule has 2 aromatic heterocycles. The fourth-order valence-corrected chi connectivity index (χ4v) is 4.36. The van der Waals surface area contributed by atoms with Gasteiger partial charge in [-0.1, -0.05) is 18.2 Å². The Hall–Kier alpha value is -3.86. The summed E-state index contributed by atoms with van der Waals surface area (Å²) in [4.78, 5) is 24.9. The molecule has 4 aromatic rings. The van der Waals surface area contributed by atoms with E-state index in [1.807, 2.05) is 22.8 Å². The number of anilines is 1. The Kier molecular flexibility index (Phi) is 6.08. The van der Waals surface area contributed by atoms with Crippen LogP contribution in [0.25, 0.3) is 11.2 Å². The topological polar surface area (TPSA) is 131 Å². The van der Waals surface area contributed by atoms with Crippen molar-refractivity contribution in [2.45, 2.75) is 23.0 Å². The van der Waals surface area contributed by atoms with Crippen molar-refractivity contribution < 1.29 is 14.4 Å². The quantitative estimate of drug-likeness (QED) is 0.314. The van der Waals surface area contributed by atoms with Gasteiger partial charge in [0.2, 0.25) is 0 Å². The predicted molar refractivity (Wildman–Crippen MR) is 120 cm³/mol. The summed E-state index contributed by atoms with van der Waals surface area (Å²) in [5.41, 5.74) is 7.76. The Morgan fingerprint density at radius 3 is 2.72 bits per heavy atom. The molecule has 0 saturated heterocycles. The van der Waals surface area contributed by atoms with Crippen molar-refractivity contribution in [3.63, 3.8) is 0 Å². The summed E-state index contributed by atoms with van der Waals surface area (Å²) in [7, 11) is 3.18. The molecule has 32 heavy (non-hydrogen) atoms. The van der Waals surface area contributed by atoms with Crippen LogP contribution in [-0.2, 0) is 13.0 Å². The maximum absolute atomic E-state index is 11.4. The maximum atomic E-state index is 11.4. The second kappa shape index (κ2) is 9.10. The van der Waals surface area contributed by atoms with E-state index in [1.165, 1.54) is 24.2 Å². The summed E-state index contributed by atoms with van der Waals surface area (Å²) < 4.78 is 12.7. The molecule has 0 spiro atoms. The standard InChI is InChI=1S/C21H20N6O4S/c1-30-14-7-8-16(31-2)17(11-14)32-21-25-18-19(22)23-12-24-20(18)26(21)10-9-13-5-3-4-6-15(13)27(28)29/h3-8,11-12H,9-10H2,1-2H3,(H2,22,23,24). The van der Waals surface area contributed by atoms with Gasteiger partial charge in [-0.15, -0.1) is 0 Å². The van der Waals surface area contributed by atoms with Crippen LogP contribution in [0, 0.1) is 10.1 Å². The molecule has 0 saturated carbocycles. The lowest BCUT2D eigenvalue weighted by molar-refractivity contribution is -0.385. The maximum Gasteiger partial charge on any atom is 0.272 e. The molecule has 0 radical (unpaired) electrons. The number of nitro benzene ring substituents is 1. The molecule has 164 valence electrons. The highest BCUT2D eigenvalue weighted by molar-refractivity contribution is 7.99. The summed E-state index contributed by atoms with van der Waals surface area (Å²) in [5, 5.41) is 12.0. The van der Waals surface area contributed by atoms with Crippen molar-refractivity contribution in [2.75, 3.05) is 20.0 Å². The highest BCUT2D eigenvalue weighted by Gasteiger charge is 2.19. The number of nitrogens with two attached hydrogens (primary N) is 1. The van der Waals surface area contributed by atoms with E-state index >= 15 is 0 Å². The van der Waals surface area contributed by atoms with Gasteiger partial charge in [-0.05, 0) is 36.4 Å². The Morgan fingerprint density at radius 2 is 1.97 bits per heavy atom. The Balaban J connectivity index is 1.75. The number of nitrogens with zero attached hydrogens (tertiary/aromatic N) is 5. The average Bonchev–Trinajstić information content (AvgIpc) is 3.16. The number of aromatic nitrogens is 4. The van der Waals surface area contributed by atoms with Crippen molar-refractivity contribution in [3.05, 3.63) is 64.5 Å². The number of nitrogen functional groups attached to an aromatic ring is 1. The lowest BCUT2D eigenvalue weighted by atomic mass is 10.1. The molecule has 0 aliphatic heterocycles.